The quantitative estimate of drug-likeness (QED) is 0.350. The van der Waals surface area contributed by atoms with Gasteiger partial charge in [0.05, 0.1) is 18.8 Å². The smallest absolute Gasteiger partial charge is 0.134 e. The predicted octanol–water partition coefficient (Wildman–Crippen LogP) is 0.516. The molecule has 110 valence electrons. The molecule has 0 saturated heterocycles. The van der Waals surface area contributed by atoms with Crippen LogP contribution in [0.25, 0.3) is 0 Å². The summed E-state index contributed by atoms with van der Waals surface area (Å²) in [5.74, 6) is 0. The monoisotopic (exact) mass is 297 g/mol. The predicted molar refractivity (Wildman–Crippen MR) is 79.3 cm³/mol. The Kier molecular flexibility index (Phi) is 4.67. The third-order valence-corrected chi connectivity index (χ3v) is 3.97. The Morgan fingerprint density at radius 1 is 1.15 bits per heavy atom. The van der Waals surface area contributed by atoms with Crippen LogP contribution in [-0.4, -0.2) is 51.4 Å². The van der Waals surface area contributed by atoms with Crippen LogP contribution in [0.1, 0.15) is 5.69 Å². The van der Waals surface area contributed by atoms with Crippen LogP contribution in [0.3, 0.4) is 0 Å². The van der Waals surface area contributed by atoms with Gasteiger partial charge in [0.1, 0.15) is 5.00 Å². The van der Waals surface area contributed by atoms with Crippen molar-refractivity contribution in [2.24, 2.45) is 5.73 Å². The molecule has 5 N–H and O–H groups in total. The number of hydrogen-bond donors (Lipinski definition) is 4. The summed E-state index contributed by atoms with van der Waals surface area (Å²) in [6, 6.07) is 3.80. The van der Waals surface area contributed by atoms with Gasteiger partial charge in [-0.25, -0.2) is 0 Å². The number of nitrogens with zero attached hydrogens (tertiary/aromatic N) is 1. The second-order valence-corrected chi connectivity index (χ2v) is 5.45. The number of nitrogens with two attached hydrogens (primary N) is 1. The van der Waals surface area contributed by atoms with Crippen molar-refractivity contribution >= 4 is 11.6 Å². The molecule has 0 atom stereocenters. The van der Waals surface area contributed by atoms with Crippen molar-refractivity contribution in [1.29, 1.82) is 0 Å². The van der Waals surface area contributed by atoms with E-state index in [1.54, 1.807) is 17.1 Å². The Morgan fingerprint density at radius 3 is 2.20 bits per heavy atom. The van der Waals surface area contributed by atoms with E-state index in [1.165, 1.54) is 0 Å². The molecule has 1 aromatic heterocycles. The summed E-state index contributed by atoms with van der Waals surface area (Å²) >= 11 is 6.55. The standard InChI is InChI=1S/C14H20ClN3O2/c15-14(18(8-10-19)9-11-20)5-3-13(16,4-6-14)12-2-1-7-17-12/h1-7,17,19-20H,8-11,16H2. The van der Waals surface area contributed by atoms with Crippen molar-refractivity contribution in [1.82, 2.24) is 9.88 Å². The molecule has 0 bridgehead atoms. The molecule has 0 saturated carbocycles. The van der Waals surface area contributed by atoms with Crippen LogP contribution in [0.4, 0.5) is 0 Å². The molecule has 0 fully saturated rings. The van der Waals surface area contributed by atoms with Crippen molar-refractivity contribution in [3.05, 3.63) is 48.3 Å². The van der Waals surface area contributed by atoms with Crippen LogP contribution in [0.5, 0.6) is 0 Å². The summed E-state index contributed by atoms with van der Waals surface area (Å²) in [5, 5.41) is 18.2. The number of alkyl halides is 1. The normalized spacial score (nSPS) is 29.2. The molecule has 1 aliphatic rings. The molecule has 0 aromatic carbocycles. The second-order valence-electron chi connectivity index (χ2n) is 4.85. The molecule has 5 nitrogen and oxygen atoms in total. The first-order chi connectivity index (χ1) is 9.54. The molecule has 0 aliphatic heterocycles. The Bertz CT molecular complexity index is 465. The zero-order valence-corrected chi connectivity index (χ0v) is 11.9. The zero-order chi connectivity index (χ0) is 14.6. The zero-order valence-electron chi connectivity index (χ0n) is 11.2. The molecule has 2 rings (SSSR count). The molecule has 1 heterocycles. The van der Waals surface area contributed by atoms with Gasteiger partial charge in [0.25, 0.3) is 0 Å². The third kappa shape index (κ3) is 2.97. The van der Waals surface area contributed by atoms with Gasteiger partial charge in [0, 0.05) is 25.0 Å². The fourth-order valence-corrected chi connectivity index (χ4v) is 2.60. The largest absolute Gasteiger partial charge is 0.395 e. The topological polar surface area (TPSA) is 85.5 Å². The number of hydrogen-bond acceptors (Lipinski definition) is 4. The molecule has 20 heavy (non-hydrogen) atoms. The maximum Gasteiger partial charge on any atom is 0.134 e. The first-order valence-electron chi connectivity index (χ1n) is 6.53. The molecular weight excluding hydrogens is 278 g/mol. The number of aliphatic hydroxyl groups is 2. The number of nitrogens with one attached hydrogen (secondary N) is 1. The lowest BCUT2D eigenvalue weighted by Crippen LogP contribution is -2.47. The van der Waals surface area contributed by atoms with Gasteiger partial charge in [0.2, 0.25) is 0 Å². The van der Waals surface area contributed by atoms with E-state index in [0.717, 1.165) is 5.69 Å². The van der Waals surface area contributed by atoms with Crippen molar-refractivity contribution < 1.29 is 10.2 Å². The van der Waals surface area contributed by atoms with E-state index in [0.29, 0.717) is 13.1 Å². The Balaban J connectivity index is 2.20. The van der Waals surface area contributed by atoms with Gasteiger partial charge in [0.15, 0.2) is 0 Å². The van der Waals surface area contributed by atoms with Crippen LogP contribution in [0.2, 0.25) is 0 Å². The average Bonchev–Trinajstić information content (AvgIpc) is 2.97. The first-order valence-corrected chi connectivity index (χ1v) is 6.91. The maximum atomic E-state index is 9.10. The number of aliphatic hydroxyl groups excluding tert-OH is 2. The van der Waals surface area contributed by atoms with E-state index in [2.05, 4.69) is 4.98 Å². The lowest BCUT2D eigenvalue weighted by Gasteiger charge is -2.38. The second kappa shape index (κ2) is 6.11. The van der Waals surface area contributed by atoms with Gasteiger partial charge < -0.3 is 20.9 Å². The van der Waals surface area contributed by atoms with Gasteiger partial charge in [-0.15, -0.1) is 0 Å². The summed E-state index contributed by atoms with van der Waals surface area (Å²) in [6.45, 7) is 0.693. The Hall–Kier alpha value is -1.11. The SMILES string of the molecule is NC1(c2ccc[nH]2)C=CC(Cl)(N(CCO)CCO)C=C1. The summed E-state index contributed by atoms with van der Waals surface area (Å²) in [7, 11) is 0. The maximum absolute atomic E-state index is 9.10. The Labute approximate surface area is 123 Å². The highest BCUT2D eigenvalue weighted by Crippen LogP contribution is 2.33. The van der Waals surface area contributed by atoms with Crippen LogP contribution < -0.4 is 5.73 Å². The molecule has 6 heteroatoms. The highest BCUT2D eigenvalue weighted by molar-refractivity contribution is 6.26. The molecule has 0 radical (unpaired) electrons. The average molecular weight is 298 g/mol. The highest BCUT2D eigenvalue weighted by Gasteiger charge is 2.35. The van der Waals surface area contributed by atoms with Crippen molar-refractivity contribution in [2.45, 2.75) is 10.5 Å². The number of aromatic amines is 1. The molecule has 0 amide bonds. The molecule has 0 spiro atoms. The van der Waals surface area contributed by atoms with Crippen LogP contribution in [0, 0.1) is 0 Å². The number of H-pyrrole nitrogens is 1. The number of aromatic nitrogens is 1. The molecule has 1 aliphatic carbocycles. The highest BCUT2D eigenvalue weighted by atomic mass is 35.5. The van der Waals surface area contributed by atoms with E-state index in [9.17, 15) is 0 Å². The lowest BCUT2D eigenvalue weighted by molar-refractivity contribution is 0.138. The minimum absolute atomic E-state index is 0.0272. The number of rotatable bonds is 6. The summed E-state index contributed by atoms with van der Waals surface area (Å²) in [4.78, 5) is 4.00. The van der Waals surface area contributed by atoms with E-state index in [4.69, 9.17) is 27.5 Å². The summed E-state index contributed by atoms with van der Waals surface area (Å²) < 4.78 is 0. The minimum Gasteiger partial charge on any atom is -0.395 e. The third-order valence-electron chi connectivity index (χ3n) is 3.47. The van der Waals surface area contributed by atoms with Gasteiger partial charge in [-0.3, -0.25) is 4.90 Å². The number of halogens is 1. The molecule has 0 unspecified atom stereocenters. The molecule has 1 aromatic rings. The van der Waals surface area contributed by atoms with Gasteiger partial charge in [-0.2, -0.15) is 0 Å². The van der Waals surface area contributed by atoms with Gasteiger partial charge in [-0.05, 0) is 24.3 Å². The van der Waals surface area contributed by atoms with E-state index in [1.807, 2.05) is 30.5 Å². The van der Waals surface area contributed by atoms with Gasteiger partial charge >= 0.3 is 0 Å². The minimum atomic E-state index is -0.874. The molecular formula is C14H20ClN3O2. The van der Waals surface area contributed by atoms with Crippen molar-refractivity contribution in [3.8, 4) is 0 Å². The van der Waals surface area contributed by atoms with Gasteiger partial charge in [-0.1, -0.05) is 23.8 Å². The van der Waals surface area contributed by atoms with Crippen LogP contribution in [-0.2, 0) is 5.54 Å². The van der Waals surface area contributed by atoms with E-state index in [-0.39, 0.29) is 13.2 Å². The Morgan fingerprint density at radius 2 is 1.75 bits per heavy atom. The van der Waals surface area contributed by atoms with Crippen molar-refractivity contribution in [2.75, 3.05) is 26.3 Å². The van der Waals surface area contributed by atoms with E-state index >= 15 is 0 Å². The van der Waals surface area contributed by atoms with Crippen LogP contribution in [0.15, 0.2) is 42.6 Å². The van der Waals surface area contributed by atoms with Crippen LogP contribution >= 0.6 is 11.6 Å². The fourth-order valence-electron chi connectivity index (χ4n) is 2.31. The summed E-state index contributed by atoms with van der Waals surface area (Å²) in [5.41, 5.74) is 6.47. The lowest BCUT2D eigenvalue weighted by atomic mass is 9.89. The first kappa shape index (κ1) is 15.3. The summed E-state index contributed by atoms with van der Waals surface area (Å²) in [6.07, 6.45) is 9.06. The van der Waals surface area contributed by atoms with E-state index < -0.39 is 10.5 Å². The van der Waals surface area contributed by atoms with Crippen molar-refractivity contribution in [3.63, 3.8) is 0 Å². The fraction of sp³-hybridized carbons (Fsp3) is 0.429.